The molecule has 1 fully saturated rings. The third-order valence-corrected chi connectivity index (χ3v) is 4.51. The Hall–Kier alpha value is -2.15. The van der Waals surface area contributed by atoms with Crippen LogP contribution in [0.1, 0.15) is 60.3 Å². The van der Waals surface area contributed by atoms with Crippen LogP contribution in [0.3, 0.4) is 0 Å². The molecule has 2 aromatic rings. The SMILES string of the molecule is Cc1cc(C)c(C(=O)N2CCC[C@@](O)(c3cn(C(C)C)nn3)C2)o1. The number of aryl methyl sites for hydroxylation is 2. The fourth-order valence-corrected chi connectivity index (χ4v) is 3.16. The van der Waals surface area contributed by atoms with Gasteiger partial charge in [0.25, 0.3) is 5.91 Å². The van der Waals surface area contributed by atoms with Gasteiger partial charge in [-0.3, -0.25) is 4.79 Å². The maximum atomic E-state index is 12.7. The Morgan fingerprint density at radius 2 is 2.17 bits per heavy atom. The number of hydrogen-bond acceptors (Lipinski definition) is 5. The van der Waals surface area contributed by atoms with Crippen LogP contribution in [-0.2, 0) is 5.60 Å². The molecular formula is C17H24N4O3. The second-order valence-electron chi connectivity index (χ2n) is 6.91. The van der Waals surface area contributed by atoms with Gasteiger partial charge in [0.15, 0.2) is 5.76 Å². The van der Waals surface area contributed by atoms with Crippen molar-refractivity contribution in [2.45, 2.75) is 52.2 Å². The van der Waals surface area contributed by atoms with Crippen molar-refractivity contribution < 1.29 is 14.3 Å². The van der Waals surface area contributed by atoms with Crippen molar-refractivity contribution in [1.29, 1.82) is 0 Å². The quantitative estimate of drug-likeness (QED) is 0.931. The highest BCUT2D eigenvalue weighted by Crippen LogP contribution is 2.31. The Morgan fingerprint density at radius 3 is 2.75 bits per heavy atom. The first kappa shape index (κ1) is 16.7. The van der Waals surface area contributed by atoms with Crippen molar-refractivity contribution in [2.24, 2.45) is 0 Å². The maximum absolute atomic E-state index is 12.7. The van der Waals surface area contributed by atoms with E-state index in [1.807, 2.05) is 33.8 Å². The molecule has 7 heteroatoms. The van der Waals surface area contributed by atoms with E-state index >= 15 is 0 Å². The monoisotopic (exact) mass is 332 g/mol. The summed E-state index contributed by atoms with van der Waals surface area (Å²) in [5, 5.41) is 19.2. The molecule has 130 valence electrons. The molecule has 1 aliphatic rings. The first-order valence-corrected chi connectivity index (χ1v) is 8.31. The van der Waals surface area contributed by atoms with Crippen molar-refractivity contribution in [3.05, 3.63) is 35.0 Å². The molecule has 0 radical (unpaired) electrons. The van der Waals surface area contributed by atoms with E-state index in [-0.39, 0.29) is 18.5 Å². The van der Waals surface area contributed by atoms with Crippen LogP contribution in [0, 0.1) is 13.8 Å². The summed E-state index contributed by atoms with van der Waals surface area (Å²) >= 11 is 0. The third kappa shape index (κ3) is 2.96. The van der Waals surface area contributed by atoms with E-state index in [0.29, 0.717) is 36.6 Å². The molecule has 0 aromatic carbocycles. The number of nitrogens with zero attached hydrogens (tertiary/aromatic N) is 4. The van der Waals surface area contributed by atoms with Gasteiger partial charge in [0.05, 0.1) is 12.7 Å². The average Bonchev–Trinajstić information content (AvgIpc) is 3.14. The van der Waals surface area contributed by atoms with Crippen molar-refractivity contribution in [3.63, 3.8) is 0 Å². The van der Waals surface area contributed by atoms with Crippen LogP contribution in [0.25, 0.3) is 0 Å². The third-order valence-electron chi connectivity index (χ3n) is 4.51. The van der Waals surface area contributed by atoms with Crippen LogP contribution >= 0.6 is 0 Å². The number of likely N-dealkylation sites (tertiary alicyclic amines) is 1. The number of furan rings is 1. The van der Waals surface area contributed by atoms with Gasteiger partial charge in [-0.05, 0) is 46.6 Å². The normalized spacial score (nSPS) is 21.5. The number of piperidine rings is 1. The fraction of sp³-hybridized carbons (Fsp3) is 0.588. The lowest BCUT2D eigenvalue weighted by Crippen LogP contribution is -2.48. The Morgan fingerprint density at radius 1 is 1.42 bits per heavy atom. The van der Waals surface area contributed by atoms with E-state index in [2.05, 4.69) is 10.3 Å². The lowest BCUT2D eigenvalue weighted by Gasteiger charge is -2.37. The van der Waals surface area contributed by atoms with Gasteiger partial charge in [-0.25, -0.2) is 4.68 Å². The molecule has 7 nitrogen and oxygen atoms in total. The van der Waals surface area contributed by atoms with Gasteiger partial charge < -0.3 is 14.4 Å². The smallest absolute Gasteiger partial charge is 0.289 e. The number of β-amino-alcohol motifs (C(OH)–C–C–N with tert-alkyl or cyclic N) is 1. The first-order valence-electron chi connectivity index (χ1n) is 8.31. The number of aromatic nitrogens is 3. The van der Waals surface area contributed by atoms with E-state index in [4.69, 9.17) is 4.42 Å². The van der Waals surface area contributed by atoms with Crippen molar-refractivity contribution in [2.75, 3.05) is 13.1 Å². The molecule has 1 N–H and O–H groups in total. The predicted octanol–water partition coefficient (Wildman–Crippen LogP) is 2.19. The Labute approximate surface area is 141 Å². The fourth-order valence-electron chi connectivity index (χ4n) is 3.16. The number of carbonyl (C=O) groups is 1. The zero-order chi connectivity index (χ0) is 17.5. The first-order chi connectivity index (χ1) is 11.3. The molecule has 3 rings (SSSR count). The zero-order valence-corrected chi connectivity index (χ0v) is 14.6. The van der Waals surface area contributed by atoms with E-state index in [0.717, 1.165) is 5.56 Å². The minimum absolute atomic E-state index is 0.171. The number of aliphatic hydroxyl groups is 1. The zero-order valence-electron chi connectivity index (χ0n) is 14.6. The molecule has 0 bridgehead atoms. The molecule has 0 aliphatic carbocycles. The van der Waals surface area contributed by atoms with Crippen LogP contribution in [0.2, 0.25) is 0 Å². The van der Waals surface area contributed by atoms with Gasteiger partial charge in [-0.15, -0.1) is 5.10 Å². The van der Waals surface area contributed by atoms with Gasteiger partial charge in [0.1, 0.15) is 17.1 Å². The van der Waals surface area contributed by atoms with Crippen LogP contribution in [-0.4, -0.2) is 44.0 Å². The lowest BCUT2D eigenvalue weighted by molar-refractivity contribution is -0.0328. The number of rotatable bonds is 3. The highest BCUT2D eigenvalue weighted by atomic mass is 16.4. The summed E-state index contributed by atoms with van der Waals surface area (Å²) in [5.41, 5.74) is 0.162. The lowest BCUT2D eigenvalue weighted by atomic mass is 9.90. The van der Waals surface area contributed by atoms with Crippen LogP contribution < -0.4 is 0 Å². The molecule has 1 aliphatic heterocycles. The standard InChI is InChI=1S/C17H24N4O3/c1-11(2)21-9-14(18-19-21)17(23)6-5-7-20(10-17)16(22)15-12(3)8-13(4)24-15/h8-9,11,23H,5-7,10H2,1-4H3/t17-/m0/s1. The van der Waals surface area contributed by atoms with Gasteiger partial charge in [0, 0.05) is 18.2 Å². The van der Waals surface area contributed by atoms with Crippen LogP contribution in [0.15, 0.2) is 16.7 Å². The highest BCUT2D eigenvalue weighted by Gasteiger charge is 2.40. The highest BCUT2D eigenvalue weighted by molar-refractivity contribution is 5.93. The van der Waals surface area contributed by atoms with Crippen LogP contribution in [0.4, 0.5) is 0 Å². The summed E-state index contributed by atoms with van der Waals surface area (Å²) in [6.45, 7) is 8.47. The van der Waals surface area contributed by atoms with Crippen molar-refractivity contribution in [1.82, 2.24) is 19.9 Å². The minimum Gasteiger partial charge on any atom is -0.456 e. The molecular weight excluding hydrogens is 308 g/mol. The van der Waals surface area contributed by atoms with Gasteiger partial charge in [-0.1, -0.05) is 5.21 Å². The Kier molecular flexibility index (Phi) is 4.21. The largest absolute Gasteiger partial charge is 0.456 e. The van der Waals surface area contributed by atoms with E-state index in [9.17, 15) is 9.90 Å². The van der Waals surface area contributed by atoms with Crippen molar-refractivity contribution in [3.8, 4) is 0 Å². The summed E-state index contributed by atoms with van der Waals surface area (Å²) in [5.74, 6) is 0.876. The molecule has 24 heavy (non-hydrogen) atoms. The van der Waals surface area contributed by atoms with Crippen LogP contribution in [0.5, 0.6) is 0 Å². The number of amides is 1. The summed E-state index contributed by atoms with van der Waals surface area (Å²) in [6.07, 6.45) is 3.03. The number of hydrogen-bond donors (Lipinski definition) is 1. The average molecular weight is 332 g/mol. The summed E-state index contributed by atoms with van der Waals surface area (Å²) in [7, 11) is 0. The molecule has 0 unspecified atom stereocenters. The van der Waals surface area contributed by atoms with Crippen molar-refractivity contribution >= 4 is 5.91 Å². The second-order valence-corrected chi connectivity index (χ2v) is 6.91. The molecule has 0 saturated carbocycles. The van der Waals surface area contributed by atoms with Gasteiger partial charge in [0.2, 0.25) is 0 Å². The topological polar surface area (TPSA) is 84.4 Å². The Balaban J connectivity index is 1.82. The second kappa shape index (κ2) is 6.05. The van der Waals surface area contributed by atoms with E-state index in [1.165, 1.54) is 0 Å². The number of carbonyl (C=O) groups excluding carboxylic acids is 1. The van der Waals surface area contributed by atoms with E-state index in [1.54, 1.807) is 15.8 Å². The van der Waals surface area contributed by atoms with E-state index < -0.39 is 5.60 Å². The predicted molar refractivity (Wildman–Crippen MR) is 87.6 cm³/mol. The van der Waals surface area contributed by atoms with Gasteiger partial charge >= 0.3 is 0 Å². The summed E-state index contributed by atoms with van der Waals surface area (Å²) in [4.78, 5) is 14.4. The molecule has 3 heterocycles. The molecule has 2 aromatic heterocycles. The maximum Gasteiger partial charge on any atom is 0.289 e. The molecule has 1 saturated heterocycles. The molecule has 1 amide bonds. The summed E-state index contributed by atoms with van der Waals surface area (Å²) in [6, 6.07) is 2.02. The minimum atomic E-state index is -1.17. The molecule has 1 atom stereocenters. The van der Waals surface area contributed by atoms with Gasteiger partial charge in [-0.2, -0.15) is 0 Å². The molecule has 0 spiro atoms. The summed E-state index contributed by atoms with van der Waals surface area (Å²) < 4.78 is 7.25. The Bertz CT molecular complexity index is 749.